The maximum atomic E-state index is 6.15. The number of pyridine rings is 1. The number of fused-ring (bicyclic) bond motifs is 1. The maximum Gasteiger partial charge on any atom is 0.220 e. The summed E-state index contributed by atoms with van der Waals surface area (Å²) in [7, 11) is 3.56. The monoisotopic (exact) mass is 425 g/mol. The van der Waals surface area contributed by atoms with E-state index in [9.17, 15) is 0 Å². The summed E-state index contributed by atoms with van der Waals surface area (Å²) in [5, 5.41) is 5.20. The van der Waals surface area contributed by atoms with Gasteiger partial charge in [-0.15, -0.1) is 0 Å². The summed E-state index contributed by atoms with van der Waals surface area (Å²) < 4.78 is 7.70. The molecule has 0 radical (unpaired) electrons. The predicted octanol–water partition coefficient (Wildman–Crippen LogP) is 3.91. The van der Waals surface area contributed by atoms with Crippen LogP contribution in [0.25, 0.3) is 33.4 Å². The average Bonchev–Trinajstić information content (AvgIpc) is 3.44. The van der Waals surface area contributed by atoms with Gasteiger partial charge in [-0.25, -0.2) is 15.0 Å². The van der Waals surface area contributed by atoms with Gasteiger partial charge in [-0.3, -0.25) is 4.68 Å². The van der Waals surface area contributed by atoms with E-state index in [0.29, 0.717) is 11.4 Å². The Labute approximate surface area is 185 Å². The molecule has 0 spiro atoms. The SMILES string of the molecule is COC(C)(c1ccccc1)c1cc(-c2c[nH]c3ncc(-c4cnn(C)c4)cc23)nc(N)n1. The highest BCUT2D eigenvalue weighted by molar-refractivity contribution is 5.95. The molecule has 1 aromatic carbocycles. The van der Waals surface area contributed by atoms with Gasteiger partial charge < -0.3 is 15.5 Å². The fourth-order valence-corrected chi connectivity index (χ4v) is 3.92. The minimum atomic E-state index is -0.779. The number of H-pyrrole nitrogens is 1. The number of hydrogen-bond acceptors (Lipinski definition) is 6. The number of aryl methyl sites for hydroxylation is 1. The van der Waals surface area contributed by atoms with E-state index in [1.54, 1.807) is 11.8 Å². The first-order valence-corrected chi connectivity index (χ1v) is 10.2. The summed E-state index contributed by atoms with van der Waals surface area (Å²) in [5.41, 5.74) is 11.3. The largest absolute Gasteiger partial charge is 0.368 e. The van der Waals surface area contributed by atoms with Crippen molar-refractivity contribution in [2.45, 2.75) is 12.5 Å². The molecule has 0 aliphatic rings. The average molecular weight is 425 g/mol. The lowest BCUT2D eigenvalue weighted by Crippen LogP contribution is -2.28. The number of nitrogens with one attached hydrogen (secondary N) is 1. The highest BCUT2D eigenvalue weighted by Crippen LogP contribution is 2.35. The van der Waals surface area contributed by atoms with Gasteiger partial charge in [0.1, 0.15) is 11.2 Å². The number of rotatable bonds is 5. The molecular weight excluding hydrogens is 402 g/mol. The Morgan fingerprint density at radius 2 is 1.88 bits per heavy atom. The van der Waals surface area contributed by atoms with Crippen molar-refractivity contribution < 1.29 is 4.74 Å². The van der Waals surface area contributed by atoms with Crippen LogP contribution in [0.2, 0.25) is 0 Å². The number of nitrogen functional groups attached to an aromatic ring is 1. The van der Waals surface area contributed by atoms with Crippen molar-refractivity contribution >= 4 is 17.0 Å². The molecule has 1 unspecified atom stereocenters. The third-order valence-electron chi connectivity index (χ3n) is 5.81. The van der Waals surface area contributed by atoms with Gasteiger partial charge in [0.15, 0.2) is 0 Å². The molecule has 0 saturated carbocycles. The summed E-state index contributed by atoms with van der Waals surface area (Å²) in [6.07, 6.45) is 7.50. The fourth-order valence-electron chi connectivity index (χ4n) is 3.92. The number of aromatic nitrogens is 6. The second kappa shape index (κ2) is 7.58. The molecule has 0 aliphatic heterocycles. The van der Waals surface area contributed by atoms with Crippen molar-refractivity contribution in [2.24, 2.45) is 7.05 Å². The first-order chi connectivity index (χ1) is 15.5. The van der Waals surface area contributed by atoms with Crippen LogP contribution in [0, 0.1) is 0 Å². The van der Waals surface area contributed by atoms with Crippen molar-refractivity contribution in [1.29, 1.82) is 0 Å². The van der Waals surface area contributed by atoms with Crippen LogP contribution in [0.3, 0.4) is 0 Å². The number of ether oxygens (including phenoxy) is 1. The van der Waals surface area contributed by atoms with E-state index in [-0.39, 0.29) is 5.95 Å². The third-order valence-corrected chi connectivity index (χ3v) is 5.81. The van der Waals surface area contributed by atoms with Crippen molar-refractivity contribution in [3.05, 3.63) is 78.5 Å². The van der Waals surface area contributed by atoms with Gasteiger partial charge in [-0.1, -0.05) is 30.3 Å². The topological polar surface area (TPSA) is 108 Å². The van der Waals surface area contributed by atoms with Crippen LogP contribution in [-0.4, -0.2) is 36.8 Å². The van der Waals surface area contributed by atoms with Gasteiger partial charge in [0, 0.05) is 54.8 Å². The summed E-state index contributed by atoms with van der Waals surface area (Å²) >= 11 is 0. The molecule has 8 heteroatoms. The van der Waals surface area contributed by atoms with Gasteiger partial charge in [0.25, 0.3) is 0 Å². The van der Waals surface area contributed by atoms with Crippen LogP contribution in [0.5, 0.6) is 0 Å². The quantitative estimate of drug-likeness (QED) is 0.442. The Bertz CT molecular complexity index is 1410. The standard InChI is InChI=1S/C24H23N7O/c1-24(32-3,17-7-5-4-6-8-17)21-10-20(29-23(25)30-21)19-13-27-22-18(19)9-15(11-26-22)16-12-28-31(2)14-16/h4-14H,1-3H3,(H,26,27)(H2,25,29,30). The van der Waals surface area contributed by atoms with E-state index >= 15 is 0 Å². The van der Waals surface area contributed by atoms with Gasteiger partial charge in [0.05, 0.1) is 17.6 Å². The summed E-state index contributed by atoms with van der Waals surface area (Å²) in [6.45, 7) is 1.98. The normalized spacial score (nSPS) is 13.3. The van der Waals surface area contributed by atoms with Crippen molar-refractivity contribution in [2.75, 3.05) is 12.8 Å². The van der Waals surface area contributed by atoms with Crippen molar-refractivity contribution in [3.63, 3.8) is 0 Å². The Morgan fingerprint density at radius 3 is 2.59 bits per heavy atom. The molecule has 32 heavy (non-hydrogen) atoms. The molecule has 8 nitrogen and oxygen atoms in total. The van der Waals surface area contributed by atoms with Crippen LogP contribution in [-0.2, 0) is 17.4 Å². The molecule has 160 valence electrons. The first-order valence-electron chi connectivity index (χ1n) is 10.2. The summed E-state index contributed by atoms with van der Waals surface area (Å²) in [4.78, 5) is 16.8. The molecule has 3 N–H and O–H groups in total. The number of aromatic amines is 1. The first kappa shape index (κ1) is 19.9. The molecule has 5 aromatic rings. The van der Waals surface area contributed by atoms with E-state index in [0.717, 1.165) is 33.3 Å². The minimum absolute atomic E-state index is 0.183. The highest BCUT2D eigenvalue weighted by atomic mass is 16.5. The lowest BCUT2D eigenvalue weighted by atomic mass is 9.91. The van der Waals surface area contributed by atoms with Crippen molar-refractivity contribution in [3.8, 4) is 22.4 Å². The molecule has 0 fully saturated rings. The van der Waals surface area contributed by atoms with E-state index in [4.69, 9.17) is 10.5 Å². The Kier molecular flexibility index (Phi) is 4.71. The van der Waals surface area contributed by atoms with Gasteiger partial charge in [-0.2, -0.15) is 5.10 Å². The van der Waals surface area contributed by atoms with Crippen LogP contribution >= 0.6 is 0 Å². The fraction of sp³-hybridized carbons (Fsp3) is 0.167. The Hall–Kier alpha value is -4.04. The van der Waals surface area contributed by atoms with Crippen LogP contribution < -0.4 is 5.73 Å². The molecular formula is C24H23N7O. The lowest BCUT2D eigenvalue weighted by molar-refractivity contribution is 0.0354. The zero-order valence-electron chi connectivity index (χ0n) is 18.1. The zero-order valence-corrected chi connectivity index (χ0v) is 18.1. The lowest BCUT2D eigenvalue weighted by Gasteiger charge is -2.28. The zero-order chi connectivity index (χ0) is 22.3. The minimum Gasteiger partial charge on any atom is -0.368 e. The Morgan fingerprint density at radius 1 is 1.06 bits per heavy atom. The van der Waals surface area contributed by atoms with E-state index in [2.05, 4.69) is 31.1 Å². The highest BCUT2D eigenvalue weighted by Gasteiger charge is 2.31. The van der Waals surface area contributed by atoms with E-state index < -0.39 is 5.60 Å². The number of anilines is 1. The van der Waals surface area contributed by atoms with Crippen LogP contribution in [0.4, 0.5) is 5.95 Å². The maximum absolute atomic E-state index is 6.15. The molecule has 5 rings (SSSR count). The van der Waals surface area contributed by atoms with E-state index in [1.807, 2.05) is 75.2 Å². The molecule has 0 aliphatic carbocycles. The number of nitrogens with zero attached hydrogens (tertiary/aromatic N) is 5. The number of benzene rings is 1. The smallest absolute Gasteiger partial charge is 0.220 e. The second-order valence-corrected chi connectivity index (χ2v) is 7.83. The predicted molar refractivity (Wildman–Crippen MR) is 124 cm³/mol. The third kappa shape index (κ3) is 3.30. The van der Waals surface area contributed by atoms with Crippen molar-refractivity contribution in [1.82, 2.24) is 29.7 Å². The molecule has 0 amide bonds. The van der Waals surface area contributed by atoms with E-state index in [1.165, 1.54) is 0 Å². The van der Waals surface area contributed by atoms with Gasteiger partial charge >= 0.3 is 0 Å². The number of hydrogen-bond donors (Lipinski definition) is 2. The molecule has 4 aromatic heterocycles. The second-order valence-electron chi connectivity index (χ2n) is 7.83. The molecule has 0 bridgehead atoms. The van der Waals surface area contributed by atoms with Gasteiger partial charge in [0.2, 0.25) is 5.95 Å². The Balaban J connectivity index is 1.65. The summed E-state index contributed by atoms with van der Waals surface area (Å²) in [5.74, 6) is 0.183. The van der Waals surface area contributed by atoms with Gasteiger partial charge in [-0.05, 0) is 24.6 Å². The van der Waals surface area contributed by atoms with Crippen LogP contribution in [0.15, 0.2) is 67.3 Å². The molecule has 0 saturated heterocycles. The molecule has 1 atom stereocenters. The number of methoxy groups -OCH3 is 1. The summed E-state index contributed by atoms with van der Waals surface area (Å²) in [6, 6.07) is 13.9. The molecule has 4 heterocycles. The van der Waals surface area contributed by atoms with Crippen LogP contribution in [0.1, 0.15) is 18.2 Å². The number of nitrogens with two attached hydrogens (primary N) is 1.